The Morgan fingerprint density at radius 1 is 1.21 bits per heavy atom. The monoisotopic (exact) mass is 442 g/mol. The van der Waals surface area contributed by atoms with Gasteiger partial charge in [0.15, 0.2) is 0 Å². The lowest BCUT2D eigenvalue weighted by Crippen LogP contribution is -2.24. The van der Waals surface area contributed by atoms with Crippen LogP contribution in [0.2, 0.25) is 0 Å². The van der Waals surface area contributed by atoms with Crippen LogP contribution < -0.4 is 20.2 Å². The summed E-state index contributed by atoms with van der Waals surface area (Å²) in [4.78, 5) is 26.0. The summed E-state index contributed by atoms with van der Waals surface area (Å²) >= 11 is 3.47. The van der Waals surface area contributed by atoms with E-state index >= 15 is 0 Å². The van der Waals surface area contributed by atoms with Gasteiger partial charge in [0.25, 0.3) is 5.91 Å². The molecule has 1 aromatic heterocycles. The van der Waals surface area contributed by atoms with Crippen LogP contribution in [-0.2, 0) is 6.42 Å². The maximum absolute atomic E-state index is 13.1. The predicted octanol–water partition coefficient (Wildman–Crippen LogP) is 4.15. The molecule has 2 aromatic carbocycles. The Kier molecular flexibility index (Phi) is 4.63. The maximum atomic E-state index is 13.1. The molecule has 144 valence electrons. The maximum Gasteiger partial charge on any atom is 0.261 e. The van der Waals surface area contributed by atoms with Gasteiger partial charge < -0.3 is 19.4 Å². The second-order valence-electron chi connectivity index (χ2n) is 6.81. The lowest BCUT2D eigenvalue weighted by molar-refractivity contribution is 0.102. The van der Waals surface area contributed by atoms with E-state index in [-0.39, 0.29) is 17.0 Å². The number of hydrogen-bond donors (Lipinski definition) is 1. The van der Waals surface area contributed by atoms with Crippen molar-refractivity contribution in [3.8, 4) is 11.5 Å². The Labute approximate surface area is 170 Å². The molecule has 1 aliphatic rings. The van der Waals surface area contributed by atoms with Gasteiger partial charge in [-0.1, -0.05) is 15.9 Å². The summed E-state index contributed by atoms with van der Waals surface area (Å²) in [5.74, 6) is 0.594. The molecule has 2 heterocycles. The van der Waals surface area contributed by atoms with Crippen LogP contribution in [0.5, 0.6) is 11.5 Å². The number of halogens is 1. The van der Waals surface area contributed by atoms with Gasteiger partial charge in [-0.25, -0.2) is 0 Å². The van der Waals surface area contributed by atoms with Crippen LogP contribution in [0.15, 0.2) is 45.8 Å². The van der Waals surface area contributed by atoms with E-state index in [1.54, 1.807) is 37.6 Å². The van der Waals surface area contributed by atoms with E-state index < -0.39 is 5.91 Å². The number of amides is 1. The van der Waals surface area contributed by atoms with Gasteiger partial charge in [-0.05, 0) is 43.2 Å². The molecule has 1 unspecified atom stereocenters. The number of pyridine rings is 1. The molecule has 1 atom stereocenters. The second-order valence-corrected chi connectivity index (χ2v) is 7.73. The first-order valence-electron chi connectivity index (χ1n) is 8.83. The molecule has 0 radical (unpaired) electrons. The second kappa shape index (κ2) is 6.98. The summed E-state index contributed by atoms with van der Waals surface area (Å²) in [5.41, 5.74) is 2.30. The number of methoxy groups -OCH3 is 2. The summed E-state index contributed by atoms with van der Waals surface area (Å²) < 4.78 is 13.4. The van der Waals surface area contributed by atoms with Crippen molar-refractivity contribution in [3.05, 3.63) is 62.4 Å². The Bertz CT molecular complexity index is 1170. The lowest BCUT2D eigenvalue weighted by Gasteiger charge is -2.14. The van der Waals surface area contributed by atoms with Crippen molar-refractivity contribution in [3.63, 3.8) is 0 Å². The summed E-state index contributed by atoms with van der Waals surface area (Å²) in [6.45, 7) is 2.08. The number of carbonyl (C=O) groups excluding carboxylic acids is 1. The van der Waals surface area contributed by atoms with Crippen molar-refractivity contribution >= 4 is 38.4 Å². The molecule has 7 heteroatoms. The molecule has 0 saturated carbocycles. The number of aromatic nitrogens is 1. The van der Waals surface area contributed by atoms with Crippen molar-refractivity contribution in [2.75, 3.05) is 19.5 Å². The third-order valence-corrected chi connectivity index (χ3v) is 5.52. The summed E-state index contributed by atoms with van der Waals surface area (Å²) in [6.07, 6.45) is 2.48. The highest BCUT2D eigenvalue weighted by Gasteiger charge is 2.25. The molecule has 1 amide bonds. The number of hydrogen-bond acceptors (Lipinski definition) is 4. The number of rotatable bonds is 4. The number of nitrogens with one attached hydrogen (secondary N) is 1. The van der Waals surface area contributed by atoms with Crippen molar-refractivity contribution in [1.82, 2.24) is 4.57 Å². The third-order valence-electron chi connectivity index (χ3n) is 5.06. The van der Waals surface area contributed by atoms with Crippen LogP contribution in [0.1, 0.15) is 28.9 Å². The first-order chi connectivity index (χ1) is 13.4. The first-order valence-corrected chi connectivity index (χ1v) is 9.63. The first kappa shape index (κ1) is 18.6. The highest BCUT2D eigenvalue weighted by atomic mass is 79.9. The number of carbonyl (C=O) groups is 1. The van der Waals surface area contributed by atoms with E-state index in [0.717, 1.165) is 22.0 Å². The molecule has 0 saturated heterocycles. The lowest BCUT2D eigenvalue weighted by atomic mass is 10.1. The molecule has 4 rings (SSSR count). The van der Waals surface area contributed by atoms with Crippen LogP contribution in [0, 0.1) is 0 Å². The van der Waals surface area contributed by atoms with Crippen molar-refractivity contribution in [2.45, 2.75) is 19.4 Å². The van der Waals surface area contributed by atoms with Gasteiger partial charge in [0.05, 0.1) is 25.4 Å². The average molecular weight is 443 g/mol. The van der Waals surface area contributed by atoms with E-state index in [1.165, 1.54) is 7.11 Å². The van der Waals surface area contributed by atoms with Crippen LogP contribution in [0.4, 0.5) is 5.69 Å². The smallest absolute Gasteiger partial charge is 0.261 e. The van der Waals surface area contributed by atoms with Crippen LogP contribution in [0.3, 0.4) is 0 Å². The fourth-order valence-electron chi connectivity index (χ4n) is 3.71. The zero-order valence-electron chi connectivity index (χ0n) is 15.7. The number of nitrogens with zero attached hydrogens (tertiary/aromatic N) is 1. The largest absolute Gasteiger partial charge is 0.497 e. The minimum atomic E-state index is -0.472. The molecule has 28 heavy (non-hydrogen) atoms. The highest BCUT2D eigenvalue weighted by Crippen LogP contribution is 2.34. The molecular weight excluding hydrogens is 424 g/mol. The fraction of sp³-hybridized carbons (Fsp3) is 0.238. The molecule has 1 aliphatic heterocycles. The van der Waals surface area contributed by atoms with Gasteiger partial charge in [-0.2, -0.15) is 0 Å². The minimum Gasteiger partial charge on any atom is -0.497 e. The Morgan fingerprint density at radius 2 is 2.00 bits per heavy atom. The quantitative estimate of drug-likeness (QED) is 0.658. The van der Waals surface area contributed by atoms with Crippen LogP contribution in [0.25, 0.3) is 10.9 Å². The number of ether oxygens (including phenoxy) is 2. The highest BCUT2D eigenvalue weighted by molar-refractivity contribution is 9.10. The molecule has 0 fully saturated rings. The minimum absolute atomic E-state index is 0.100. The Morgan fingerprint density at radius 3 is 2.71 bits per heavy atom. The topological polar surface area (TPSA) is 69.6 Å². The van der Waals surface area contributed by atoms with Gasteiger partial charge in [-0.3, -0.25) is 9.59 Å². The number of anilines is 1. The molecular formula is C21H19BrN2O4. The SMILES string of the molecule is COc1ccc(NC(=O)c2cn3c4c(cc(Br)cc4c2=O)CC3C)c(OC)c1. The van der Waals surface area contributed by atoms with E-state index in [2.05, 4.69) is 28.2 Å². The normalized spacial score (nSPS) is 14.9. The van der Waals surface area contributed by atoms with Gasteiger partial charge in [0, 0.05) is 28.2 Å². The standard InChI is InChI=1S/C21H19BrN2O4/c1-11-6-12-7-13(22)8-15-19(12)24(11)10-16(20(15)25)21(26)23-17-5-4-14(27-2)9-18(17)28-3/h4-5,7-11H,6H2,1-3H3,(H,23,26). The van der Waals surface area contributed by atoms with Gasteiger partial charge >= 0.3 is 0 Å². The zero-order valence-corrected chi connectivity index (χ0v) is 17.3. The van der Waals surface area contributed by atoms with Crippen molar-refractivity contribution < 1.29 is 14.3 Å². The fourth-order valence-corrected chi connectivity index (χ4v) is 4.22. The summed E-state index contributed by atoms with van der Waals surface area (Å²) in [6, 6.07) is 9.06. The summed E-state index contributed by atoms with van der Waals surface area (Å²) in [5, 5.41) is 3.33. The van der Waals surface area contributed by atoms with Crippen LogP contribution >= 0.6 is 15.9 Å². The van der Waals surface area contributed by atoms with E-state index in [0.29, 0.717) is 22.6 Å². The van der Waals surface area contributed by atoms with E-state index in [4.69, 9.17) is 9.47 Å². The van der Waals surface area contributed by atoms with Gasteiger partial charge in [0.1, 0.15) is 17.1 Å². The molecule has 3 aromatic rings. The van der Waals surface area contributed by atoms with Gasteiger partial charge in [0.2, 0.25) is 5.43 Å². The molecule has 6 nitrogen and oxygen atoms in total. The molecule has 0 aliphatic carbocycles. The Hall–Kier alpha value is -2.80. The van der Waals surface area contributed by atoms with E-state index in [1.807, 2.05) is 10.6 Å². The van der Waals surface area contributed by atoms with Crippen LogP contribution in [-0.4, -0.2) is 24.7 Å². The van der Waals surface area contributed by atoms with Crippen molar-refractivity contribution in [1.29, 1.82) is 0 Å². The molecule has 1 N–H and O–H groups in total. The summed E-state index contributed by atoms with van der Waals surface area (Å²) in [7, 11) is 3.07. The van der Waals surface area contributed by atoms with Gasteiger partial charge in [-0.15, -0.1) is 0 Å². The molecule has 0 bridgehead atoms. The number of benzene rings is 2. The predicted molar refractivity (Wildman–Crippen MR) is 112 cm³/mol. The average Bonchev–Trinajstić information content (AvgIpc) is 2.99. The zero-order chi connectivity index (χ0) is 20.0. The van der Waals surface area contributed by atoms with Crippen molar-refractivity contribution in [2.24, 2.45) is 0 Å². The van der Waals surface area contributed by atoms with E-state index in [9.17, 15) is 9.59 Å². The third kappa shape index (κ3) is 2.96. The molecule has 0 spiro atoms. The Balaban J connectivity index is 1.80.